The number of thioether (sulfide) groups is 1. The van der Waals surface area contributed by atoms with E-state index in [4.69, 9.17) is 4.74 Å². The minimum absolute atomic E-state index is 0.356. The second-order valence-electron chi connectivity index (χ2n) is 8.84. The van der Waals surface area contributed by atoms with Gasteiger partial charge in [-0.3, -0.25) is 9.69 Å². The predicted octanol–water partition coefficient (Wildman–Crippen LogP) is 0.303. The van der Waals surface area contributed by atoms with E-state index in [0.29, 0.717) is 12.3 Å². The van der Waals surface area contributed by atoms with E-state index in [2.05, 4.69) is 17.6 Å². The highest BCUT2D eigenvalue weighted by Crippen LogP contribution is 2.30. The molecule has 9 atom stereocenters. The number of halogens is 3. The van der Waals surface area contributed by atoms with Crippen LogP contribution in [0, 0.1) is 5.92 Å². The first-order valence-corrected chi connectivity index (χ1v) is 12.2. The number of ether oxygens (including phenoxy) is 1. The lowest BCUT2D eigenvalue weighted by Gasteiger charge is -2.45. The fraction of sp³-hybridized carbons (Fsp3) is 0.950. The molecule has 0 bridgehead atoms. The Balaban J connectivity index is 2.21. The Bertz CT molecular complexity index is 616. The Kier molecular flexibility index (Phi) is 10.1. The topological polar surface area (TPSA) is 114 Å². The van der Waals surface area contributed by atoms with Gasteiger partial charge in [0.1, 0.15) is 29.9 Å². The van der Waals surface area contributed by atoms with Gasteiger partial charge in [0, 0.05) is 12.6 Å². The van der Waals surface area contributed by atoms with Crippen molar-refractivity contribution in [1.82, 2.24) is 15.5 Å². The molecule has 1 amide bonds. The zero-order chi connectivity index (χ0) is 24.2. The maximum absolute atomic E-state index is 13.1. The van der Waals surface area contributed by atoms with Crippen LogP contribution in [0.5, 0.6) is 0 Å². The lowest BCUT2D eigenvalue weighted by atomic mass is 9.90. The summed E-state index contributed by atoms with van der Waals surface area (Å²) in [6.07, 6.45) is -5.98. The summed E-state index contributed by atoms with van der Waals surface area (Å²) in [5.41, 5.74) is -0.907. The molecule has 0 aromatic rings. The van der Waals surface area contributed by atoms with Crippen LogP contribution in [0.15, 0.2) is 0 Å². The number of nitrogens with one attached hydrogen (secondary N) is 2. The van der Waals surface area contributed by atoms with Crippen molar-refractivity contribution >= 4 is 17.7 Å². The van der Waals surface area contributed by atoms with E-state index in [9.17, 15) is 33.3 Å². The minimum atomic E-state index is -4.47. The molecule has 2 rings (SSSR count). The molecule has 0 aromatic heterocycles. The molecule has 2 fully saturated rings. The zero-order valence-electron chi connectivity index (χ0n) is 18.9. The van der Waals surface area contributed by atoms with Crippen LogP contribution in [0.4, 0.5) is 13.2 Å². The van der Waals surface area contributed by atoms with Crippen LogP contribution >= 0.6 is 11.8 Å². The zero-order valence-corrected chi connectivity index (χ0v) is 19.7. The van der Waals surface area contributed by atoms with Gasteiger partial charge in [0.05, 0.1) is 18.6 Å². The molecule has 0 saturated carbocycles. The summed E-state index contributed by atoms with van der Waals surface area (Å²) in [6, 6.07) is -2.46. The number of likely N-dealkylation sites (tertiary alicyclic amines) is 1. The van der Waals surface area contributed by atoms with Gasteiger partial charge in [0.25, 0.3) is 0 Å². The normalized spacial score (nSPS) is 36.1. The highest BCUT2D eigenvalue weighted by atomic mass is 32.2. The van der Waals surface area contributed by atoms with E-state index in [0.717, 1.165) is 31.1 Å². The molecule has 0 spiro atoms. The number of rotatable bonds is 9. The van der Waals surface area contributed by atoms with Crippen molar-refractivity contribution in [2.45, 2.75) is 87.3 Å². The molecule has 5 N–H and O–H groups in total. The first-order valence-electron chi connectivity index (χ1n) is 10.9. The monoisotopic (exact) mass is 487 g/mol. The predicted molar refractivity (Wildman–Crippen MR) is 115 cm³/mol. The molecule has 0 aliphatic carbocycles. The van der Waals surface area contributed by atoms with Gasteiger partial charge in [-0.25, -0.2) is 0 Å². The van der Waals surface area contributed by atoms with Gasteiger partial charge in [-0.15, -0.1) is 11.8 Å². The van der Waals surface area contributed by atoms with Crippen LogP contribution in [0.25, 0.3) is 0 Å². The summed E-state index contributed by atoms with van der Waals surface area (Å²) >= 11 is 1.10. The number of likely N-dealkylation sites (N-methyl/N-ethyl adjacent to an activating group) is 1. The number of hydrogen-bond donors (Lipinski definition) is 5. The van der Waals surface area contributed by atoms with Crippen LogP contribution in [0.3, 0.4) is 0 Å². The lowest BCUT2D eigenvalue weighted by molar-refractivity contribution is -0.207. The van der Waals surface area contributed by atoms with E-state index in [1.165, 1.54) is 6.92 Å². The minimum Gasteiger partial charge on any atom is -0.388 e. The summed E-state index contributed by atoms with van der Waals surface area (Å²) in [4.78, 5) is 15.0. The molecule has 2 heterocycles. The number of nitrogens with zero attached hydrogens (tertiary/aromatic N) is 1. The number of carbonyl (C=O) groups is 1. The van der Waals surface area contributed by atoms with Crippen LogP contribution in [-0.4, -0.2) is 107 Å². The number of carbonyl (C=O) groups excluding carboxylic acids is 1. The molecular formula is C20H36F3N3O5S. The van der Waals surface area contributed by atoms with Gasteiger partial charge in [-0.2, -0.15) is 13.2 Å². The van der Waals surface area contributed by atoms with Gasteiger partial charge in [0.2, 0.25) is 5.91 Å². The first-order chi connectivity index (χ1) is 14.9. The summed E-state index contributed by atoms with van der Waals surface area (Å²) in [6.45, 7) is 2.99. The lowest BCUT2D eigenvalue weighted by Crippen LogP contribution is -2.67. The number of aliphatic hydroxyl groups is 3. The molecule has 12 heteroatoms. The average molecular weight is 488 g/mol. The third-order valence-electron chi connectivity index (χ3n) is 6.30. The maximum atomic E-state index is 13.1. The molecule has 2 unspecified atom stereocenters. The summed E-state index contributed by atoms with van der Waals surface area (Å²) in [7, 11) is 1.83. The van der Waals surface area contributed by atoms with Crippen LogP contribution in [0.2, 0.25) is 0 Å². The molecule has 32 heavy (non-hydrogen) atoms. The summed E-state index contributed by atoms with van der Waals surface area (Å²) in [5, 5.41) is 36.1. The van der Waals surface area contributed by atoms with Crippen molar-refractivity contribution in [3.63, 3.8) is 0 Å². The van der Waals surface area contributed by atoms with Crippen molar-refractivity contribution in [3.05, 3.63) is 0 Å². The van der Waals surface area contributed by atoms with E-state index >= 15 is 0 Å². The molecule has 0 aromatic carbocycles. The number of amides is 1. The SMILES string of the molecule is CCC[C@@H]1C[C@@H](C(=O)N[C@H]([C@H](C)NCC(F)(F)F)[C@H]2OC(SC)[C@H](O)[C@H](O)C2O)N(C)C1. The second-order valence-corrected chi connectivity index (χ2v) is 9.78. The Morgan fingerprint density at radius 1 is 1.25 bits per heavy atom. The van der Waals surface area contributed by atoms with Gasteiger partial charge in [-0.1, -0.05) is 13.3 Å². The first kappa shape index (κ1) is 27.6. The standard InChI is InChI=1S/C20H36F3N3O5S/c1-5-6-11-7-12(26(3)8-11)18(30)25-13(10(2)24-9-20(21,22)23)17-15(28)14(27)16(29)19(31-17)32-4/h10-17,19,24,27-29H,5-9H2,1-4H3,(H,25,30)/t10-,11+,12-,13+,14+,15?,16+,17+,19?/m0/s1. The van der Waals surface area contributed by atoms with Crippen molar-refractivity contribution in [2.75, 3.05) is 26.4 Å². The highest BCUT2D eigenvalue weighted by molar-refractivity contribution is 7.99. The summed E-state index contributed by atoms with van der Waals surface area (Å²) in [5.74, 6) is -0.0109. The summed E-state index contributed by atoms with van der Waals surface area (Å²) < 4.78 is 44.1. The Hall–Kier alpha value is -0.630. The molecule has 2 saturated heterocycles. The number of hydrogen-bond acceptors (Lipinski definition) is 8. The van der Waals surface area contributed by atoms with Crippen molar-refractivity contribution in [2.24, 2.45) is 5.92 Å². The Labute approximate surface area is 191 Å². The molecule has 2 aliphatic rings. The molecule has 2 aliphatic heterocycles. The van der Waals surface area contributed by atoms with E-state index in [1.807, 2.05) is 11.9 Å². The van der Waals surface area contributed by atoms with Crippen LogP contribution in [0.1, 0.15) is 33.1 Å². The number of aliphatic hydroxyl groups excluding tert-OH is 3. The largest absolute Gasteiger partial charge is 0.401 e. The number of alkyl halides is 3. The van der Waals surface area contributed by atoms with Crippen LogP contribution < -0.4 is 10.6 Å². The second kappa shape index (κ2) is 11.7. The van der Waals surface area contributed by atoms with Gasteiger partial charge < -0.3 is 30.7 Å². The Morgan fingerprint density at radius 3 is 2.47 bits per heavy atom. The van der Waals surface area contributed by atoms with Gasteiger partial charge >= 0.3 is 6.18 Å². The third-order valence-corrected chi connectivity index (χ3v) is 7.15. The van der Waals surface area contributed by atoms with E-state index in [1.54, 1.807) is 6.26 Å². The smallest absolute Gasteiger partial charge is 0.388 e. The van der Waals surface area contributed by atoms with E-state index in [-0.39, 0.29) is 5.91 Å². The van der Waals surface area contributed by atoms with Crippen molar-refractivity contribution in [1.29, 1.82) is 0 Å². The van der Waals surface area contributed by atoms with Crippen molar-refractivity contribution in [3.8, 4) is 0 Å². The van der Waals surface area contributed by atoms with Gasteiger partial charge in [0.15, 0.2) is 0 Å². The molecule has 0 radical (unpaired) electrons. The Morgan fingerprint density at radius 2 is 1.91 bits per heavy atom. The fourth-order valence-corrected chi connectivity index (χ4v) is 5.23. The fourth-order valence-electron chi connectivity index (χ4n) is 4.55. The van der Waals surface area contributed by atoms with Gasteiger partial charge in [-0.05, 0) is 39.0 Å². The van der Waals surface area contributed by atoms with Crippen LogP contribution in [-0.2, 0) is 9.53 Å². The average Bonchev–Trinajstić information content (AvgIpc) is 3.09. The molecule has 188 valence electrons. The van der Waals surface area contributed by atoms with Crippen molar-refractivity contribution < 1.29 is 38.0 Å². The van der Waals surface area contributed by atoms with E-state index < -0.39 is 60.7 Å². The highest BCUT2D eigenvalue weighted by Gasteiger charge is 2.49. The quantitative estimate of drug-likeness (QED) is 0.316. The maximum Gasteiger partial charge on any atom is 0.401 e. The molecular weight excluding hydrogens is 451 g/mol. The molecule has 8 nitrogen and oxygen atoms in total. The third kappa shape index (κ3) is 6.94.